The van der Waals surface area contributed by atoms with E-state index in [-0.39, 0.29) is 6.10 Å². The molecule has 1 aliphatic rings. The lowest BCUT2D eigenvalue weighted by atomic mass is 9.98. The molecule has 2 heterocycles. The summed E-state index contributed by atoms with van der Waals surface area (Å²) in [6, 6.07) is 10.2. The van der Waals surface area contributed by atoms with Gasteiger partial charge in [0.15, 0.2) is 0 Å². The average Bonchev–Trinajstić information content (AvgIpc) is 2.84. The summed E-state index contributed by atoms with van der Waals surface area (Å²) >= 11 is 0. The first kappa shape index (κ1) is 12.2. The summed E-state index contributed by atoms with van der Waals surface area (Å²) in [6.45, 7) is 1.87. The molecule has 0 spiro atoms. The molecule has 0 radical (unpaired) electrons. The standard InChI is InChI=1S/C15H19N3O/c1-17-12(6-9-16-17)7-10-18-11-8-15(19)13-4-2-3-5-14(13)18/h2-6,9,15,19H,7-8,10-11H2,1H3. The molecule has 4 nitrogen and oxygen atoms in total. The topological polar surface area (TPSA) is 41.3 Å². The zero-order chi connectivity index (χ0) is 13.2. The molecule has 1 atom stereocenters. The molecule has 0 saturated carbocycles. The Balaban J connectivity index is 1.76. The van der Waals surface area contributed by atoms with Gasteiger partial charge in [-0.1, -0.05) is 18.2 Å². The second kappa shape index (κ2) is 5.05. The number of aliphatic hydroxyl groups excluding tert-OH is 1. The van der Waals surface area contributed by atoms with Gasteiger partial charge in [0.2, 0.25) is 0 Å². The van der Waals surface area contributed by atoms with Gasteiger partial charge in [-0.25, -0.2) is 0 Å². The van der Waals surface area contributed by atoms with Crippen molar-refractivity contribution < 1.29 is 5.11 Å². The number of rotatable bonds is 3. The lowest BCUT2D eigenvalue weighted by molar-refractivity contribution is 0.164. The zero-order valence-electron chi connectivity index (χ0n) is 11.2. The molecule has 1 aromatic carbocycles. The van der Waals surface area contributed by atoms with Crippen LogP contribution in [0.1, 0.15) is 23.8 Å². The van der Waals surface area contributed by atoms with E-state index in [4.69, 9.17) is 0 Å². The van der Waals surface area contributed by atoms with Crippen LogP contribution >= 0.6 is 0 Å². The van der Waals surface area contributed by atoms with E-state index in [1.165, 1.54) is 11.4 Å². The Morgan fingerprint density at radius 1 is 1.32 bits per heavy atom. The molecule has 1 aromatic heterocycles. The molecule has 0 amide bonds. The molecule has 1 N–H and O–H groups in total. The first-order valence-electron chi connectivity index (χ1n) is 6.74. The molecular weight excluding hydrogens is 238 g/mol. The number of nitrogens with zero attached hydrogens (tertiary/aromatic N) is 3. The predicted octanol–water partition coefficient (Wildman–Crippen LogP) is 1.91. The Bertz CT molecular complexity index is 564. The average molecular weight is 257 g/mol. The Morgan fingerprint density at radius 2 is 2.16 bits per heavy atom. The highest BCUT2D eigenvalue weighted by Gasteiger charge is 2.22. The van der Waals surface area contributed by atoms with Crippen LogP contribution in [0.2, 0.25) is 0 Å². The van der Waals surface area contributed by atoms with Crippen molar-refractivity contribution in [2.24, 2.45) is 7.05 Å². The van der Waals surface area contributed by atoms with Crippen LogP contribution in [0, 0.1) is 0 Å². The number of para-hydroxylation sites is 1. The van der Waals surface area contributed by atoms with Crippen molar-refractivity contribution in [2.45, 2.75) is 18.9 Å². The molecule has 0 fully saturated rings. The van der Waals surface area contributed by atoms with Gasteiger partial charge in [-0.15, -0.1) is 0 Å². The van der Waals surface area contributed by atoms with Crippen molar-refractivity contribution in [1.29, 1.82) is 0 Å². The summed E-state index contributed by atoms with van der Waals surface area (Å²) in [5, 5.41) is 14.2. The van der Waals surface area contributed by atoms with Gasteiger partial charge in [-0.2, -0.15) is 5.10 Å². The van der Waals surface area contributed by atoms with E-state index in [0.717, 1.165) is 31.5 Å². The fourth-order valence-electron chi connectivity index (χ4n) is 2.74. The first-order chi connectivity index (χ1) is 9.25. The van der Waals surface area contributed by atoms with Crippen LogP contribution in [0.15, 0.2) is 36.5 Å². The maximum Gasteiger partial charge on any atom is 0.0826 e. The maximum absolute atomic E-state index is 10.0. The molecule has 19 heavy (non-hydrogen) atoms. The summed E-state index contributed by atoms with van der Waals surface area (Å²) < 4.78 is 1.92. The molecule has 1 unspecified atom stereocenters. The lowest BCUT2D eigenvalue weighted by Crippen LogP contribution is -2.33. The van der Waals surface area contributed by atoms with E-state index < -0.39 is 0 Å². The number of hydrogen-bond donors (Lipinski definition) is 1. The van der Waals surface area contributed by atoms with Gasteiger partial charge < -0.3 is 10.0 Å². The van der Waals surface area contributed by atoms with Gasteiger partial charge >= 0.3 is 0 Å². The number of benzene rings is 1. The van der Waals surface area contributed by atoms with Crippen molar-refractivity contribution in [1.82, 2.24) is 9.78 Å². The number of aryl methyl sites for hydroxylation is 1. The minimum atomic E-state index is -0.316. The molecule has 0 aliphatic carbocycles. The van der Waals surface area contributed by atoms with E-state index in [1.807, 2.05) is 36.1 Å². The third-order valence-electron chi connectivity index (χ3n) is 3.87. The first-order valence-corrected chi connectivity index (χ1v) is 6.74. The van der Waals surface area contributed by atoms with Gasteiger partial charge in [0.25, 0.3) is 0 Å². The van der Waals surface area contributed by atoms with E-state index in [9.17, 15) is 5.11 Å². The van der Waals surface area contributed by atoms with Crippen molar-refractivity contribution in [2.75, 3.05) is 18.0 Å². The van der Waals surface area contributed by atoms with Gasteiger partial charge in [0.1, 0.15) is 0 Å². The fraction of sp³-hybridized carbons (Fsp3) is 0.400. The Morgan fingerprint density at radius 3 is 2.95 bits per heavy atom. The van der Waals surface area contributed by atoms with E-state index in [1.54, 1.807) is 0 Å². The Kier molecular flexibility index (Phi) is 3.25. The molecular formula is C15H19N3O. The second-order valence-electron chi connectivity index (χ2n) is 5.05. The third-order valence-corrected chi connectivity index (χ3v) is 3.87. The third kappa shape index (κ3) is 2.36. The van der Waals surface area contributed by atoms with Crippen LogP contribution in [-0.4, -0.2) is 28.0 Å². The monoisotopic (exact) mass is 257 g/mol. The number of aromatic nitrogens is 2. The highest BCUT2D eigenvalue weighted by atomic mass is 16.3. The second-order valence-corrected chi connectivity index (χ2v) is 5.05. The van der Waals surface area contributed by atoms with Crippen LogP contribution in [0.25, 0.3) is 0 Å². The van der Waals surface area contributed by atoms with Gasteiger partial charge in [-0.3, -0.25) is 4.68 Å². The van der Waals surface area contributed by atoms with E-state index in [0.29, 0.717) is 0 Å². The molecule has 0 bridgehead atoms. The molecule has 0 saturated heterocycles. The van der Waals surface area contributed by atoms with Crippen LogP contribution in [0.5, 0.6) is 0 Å². The minimum Gasteiger partial charge on any atom is -0.388 e. The number of hydrogen-bond acceptors (Lipinski definition) is 3. The van der Waals surface area contributed by atoms with E-state index in [2.05, 4.69) is 22.1 Å². The minimum absolute atomic E-state index is 0.316. The SMILES string of the molecule is Cn1nccc1CCN1CCC(O)c2ccccc21. The molecule has 100 valence electrons. The largest absolute Gasteiger partial charge is 0.388 e. The van der Waals surface area contributed by atoms with Gasteiger partial charge in [-0.05, 0) is 18.6 Å². The number of fused-ring (bicyclic) bond motifs is 1. The summed E-state index contributed by atoms with van der Waals surface area (Å²) in [5.41, 5.74) is 3.46. The summed E-state index contributed by atoms with van der Waals surface area (Å²) in [7, 11) is 1.98. The normalized spacial score (nSPS) is 18.4. The van der Waals surface area contributed by atoms with Crippen LogP contribution in [0.3, 0.4) is 0 Å². The quantitative estimate of drug-likeness (QED) is 0.913. The van der Waals surface area contributed by atoms with E-state index >= 15 is 0 Å². The molecule has 4 heteroatoms. The molecule has 1 aliphatic heterocycles. The highest BCUT2D eigenvalue weighted by Crippen LogP contribution is 2.33. The molecule has 3 rings (SSSR count). The number of aliphatic hydroxyl groups is 1. The summed E-state index contributed by atoms with van der Waals surface area (Å²) in [6.07, 6.45) is 3.30. The van der Waals surface area contributed by atoms with Crippen molar-refractivity contribution in [3.8, 4) is 0 Å². The predicted molar refractivity (Wildman–Crippen MR) is 75.1 cm³/mol. The van der Waals surface area contributed by atoms with Crippen molar-refractivity contribution in [3.05, 3.63) is 47.8 Å². The number of anilines is 1. The Labute approximate surface area is 113 Å². The highest BCUT2D eigenvalue weighted by molar-refractivity contribution is 5.56. The van der Waals surface area contributed by atoms with Crippen molar-refractivity contribution in [3.63, 3.8) is 0 Å². The van der Waals surface area contributed by atoms with Gasteiger partial charge in [0, 0.05) is 49.7 Å². The van der Waals surface area contributed by atoms with Crippen molar-refractivity contribution >= 4 is 5.69 Å². The molecule has 2 aromatic rings. The van der Waals surface area contributed by atoms with Crippen LogP contribution in [0.4, 0.5) is 5.69 Å². The summed E-state index contributed by atoms with van der Waals surface area (Å²) in [5.74, 6) is 0. The van der Waals surface area contributed by atoms with Crippen LogP contribution in [-0.2, 0) is 13.5 Å². The zero-order valence-corrected chi connectivity index (χ0v) is 11.2. The Hall–Kier alpha value is -1.81. The maximum atomic E-state index is 10.0. The van der Waals surface area contributed by atoms with Crippen LogP contribution < -0.4 is 4.90 Å². The van der Waals surface area contributed by atoms with Gasteiger partial charge in [0.05, 0.1) is 6.10 Å². The summed E-state index contributed by atoms with van der Waals surface area (Å²) in [4.78, 5) is 2.36. The fourth-order valence-corrected chi connectivity index (χ4v) is 2.74. The lowest BCUT2D eigenvalue weighted by Gasteiger charge is -2.33. The smallest absolute Gasteiger partial charge is 0.0826 e.